The number of sulfonamides is 1. The number of benzene rings is 3. The highest BCUT2D eigenvalue weighted by Gasteiger charge is 2.31. The molecule has 3 aromatic carbocycles. The minimum absolute atomic E-state index is 0.197. The van der Waals surface area contributed by atoms with Gasteiger partial charge in [0.1, 0.15) is 0 Å². The first-order valence-electron chi connectivity index (χ1n) is 11.7. The Morgan fingerprint density at radius 1 is 0.889 bits per heavy atom. The van der Waals surface area contributed by atoms with Gasteiger partial charge in [0.25, 0.3) is 5.92 Å². The Kier molecular flexibility index (Phi) is 7.38. The van der Waals surface area contributed by atoms with Crippen LogP contribution in [0.15, 0.2) is 88.6 Å². The normalized spacial score (nSPS) is 12.4. The summed E-state index contributed by atoms with van der Waals surface area (Å²) in [5.41, 5.74) is 2.19. The molecule has 0 aliphatic carbocycles. The van der Waals surface area contributed by atoms with Gasteiger partial charge in [-0.1, -0.05) is 55.5 Å². The average molecular weight is 511 g/mol. The number of hydrogen-bond acceptors (Lipinski definition) is 3. The van der Waals surface area contributed by atoms with Crippen molar-refractivity contribution in [2.45, 2.75) is 37.0 Å². The molecule has 1 aromatic heterocycles. The largest absolute Gasteiger partial charge is 0.322 e. The van der Waals surface area contributed by atoms with Crippen LogP contribution < -0.4 is 5.56 Å². The predicted molar refractivity (Wildman–Crippen MR) is 138 cm³/mol. The molecule has 0 radical (unpaired) electrons. The molecule has 1 N–H and O–H groups in total. The van der Waals surface area contributed by atoms with E-state index in [1.165, 1.54) is 11.2 Å². The number of halogens is 2. The summed E-state index contributed by atoms with van der Waals surface area (Å²) in [6.45, 7) is 1.74. The first-order chi connectivity index (χ1) is 17.1. The van der Waals surface area contributed by atoms with Gasteiger partial charge >= 0.3 is 0 Å². The number of nitrogens with zero attached hydrogens (tertiary/aromatic N) is 1. The lowest BCUT2D eigenvalue weighted by atomic mass is 9.97. The fourth-order valence-electron chi connectivity index (χ4n) is 4.15. The predicted octanol–water partition coefficient (Wildman–Crippen LogP) is 5.48. The quantitative estimate of drug-likeness (QED) is 0.324. The van der Waals surface area contributed by atoms with Gasteiger partial charge < -0.3 is 4.98 Å². The van der Waals surface area contributed by atoms with Crippen molar-refractivity contribution in [3.05, 3.63) is 111 Å². The van der Waals surface area contributed by atoms with Crippen molar-refractivity contribution in [2.24, 2.45) is 0 Å². The second kappa shape index (κ2) is 10.3. The van der Waals surface area contributed by atoms with Crippen LogP contribution in [0, 0.1) is 0 Å². The minimum atomic E-state index is -3.64. The summed E-state index contributed by atoms with van der Waals surface area (Å²) in [5.74, 6) is -3.12. The van der Waals surface area contributed by atoms with Crippen LogP contribution in [0.25, 0.3) is 10.9 Å². The second-order valence-electron chi connectivity index (χ2n) is 8.87. The average Bonchev–Trinajstić information content (AvgIpc) is 2.87. The number of alkyl halides is 2. The third kappa shape index (κ3) is 5.55. The molecule has 0 aliphatic rings. The van der Waals surface area contributed by atoms with E-state index in [0.29, 0.717) is 30.3 Å². The first-order valence-corrected chi connectivity index (χ1v) is 13.2. The number of pyridine rings is 1. The van der Waals surface area contributed by atoms with Gasteiger partial charge in [-0.05, 0) is 53.8 Å². The lowest BCUT2D eigenvalue weighted by molar-refractivity contribution is -0.00686. The lowest BCUT2D eigenvalue weighted by Gasteiger charge is -2.18. The molecule has 0 aliphatic heterocycles. The van der Waals surface area contributed by atoms with Crippen LogP contribution in [0.5, 0.6) is 0 Å². The van der Waals surface area contributed by atoms with Gasteiger partial charge in [-0.25, -0.2) is 21.5 Å². The molecule has 0 atom stereocenters. The standard InChI is InChI=1S/C28H28F2N2O3S/c1-3-28(29,30)25-19-27(33)31-26-14-11-22(18-24(25)26)17-21-9-12-23(13-10-21)36(34,35)32(2)16-15-20-7-5-4-6-8-20/h4-14,18-19H,3,15-17H2,1-2H3,(H,31,33). The van der Waals surface area contributed by atoms with Crippen molar-refractivity contribution in [3.63, 3.8) is 0 Å². The molecule has 4 aromatic rings. The summed E-state index contributed by atoms with van der Waals surface area (Å²) in [5, 5.41) is 0.304. The molecule has 8 heteroatoms. The summed E-state index contributed by atoms with van der Waals surface area (Å²) in [6, 6.07) is 22.3. The molecule has 188 valence electrons. The van der Waals surface area contributed by atoms with Crippen molar-refractivity contribution >= 4 is 20.9 Å². The van der Waals surface area contributed by atoms with Crippen LogP contribution in [-0.4, -0.2) is 31.3 Å². The SMILES string of the molecule is CCC(F)(F)c1cc(=O)[nH]c2ccc(Cc3ccc(S(=O)(=O)N(C)CCc4ccccc4)cc3)cc12. The highest BCUT2D eigenvalue weighted by molar-refractivity contribution is 7.89. The number of fused-ring (bicyclic) bond motifs is 1. The van der Waals surface area contributed by atoms with E-state index in [1.54, 1.807) is 49.5 Å². The van der Waals surface area contributed by atoms with Crippen LogP contribution in [0.4, 0.5) is 8.78 Å². The number of hydrogen-bond donors (Lipinski definition) is 1. The molecule has 0 amide bonds. The zero-order valence-electron chi connectivity index (χ0n) is 20.2. The van der Waals surface area contributed by atoms with Crippen molar-refractivity contribution in [3.8, 4) is 0 Å². The molecular formula is C28H28F2N2O3S. The monoisotopic (exact) mass is 510 g/mol. The number of H-pyrrole nitrogens is 1. The fraction of sp³-hybridized carbons (Fsp3) is 0.250. The highest BCUT2D eigenvalue weighted by Crippen LogP contribution is 2.35. The highest BCUT2D eigenvalue weighted by atomic mass is 32.2. The number of aromatic amines is 1. The van der Waals surface area contributed by atoms with Crippen molar-refractivity contribution < 1.29 is 17.2 Å². The van der Waals surface area contributed by atoms with Crippen molar-refractivity contribution in [1.29, 1.82) is 0 Å². The third-order valence-corrected chi connectivity index (χ3v) is 8.21. The summed E-state index contributed by atoms with van der Waals surface area (Å²) in [6.07, 6.45) is 0.628. The zero-order valence-corrected chi connectivity index (χ0v) is 21.0. The molecule has 0 bridgehead atoms. The van der Waals surface area contributed by atoms with E-state index in [2.05, 4.69) is 4.98 Å². The molecule has 0 spiro atoms. The van der Waals surface area contributed by atoms with Gasteiger partial charge in [-0.15, -0.1) is 0 Å². The molecule has 4 rings (SSSR count). The Bertz CT molecular complexity index is 1520. The van der Waals surface area contributed by atoms with Gasteiger partial charge in [0, 0.05) is 42.5 Å². The summed E-state index contributed by atoms with van der Waals surface area (Å²) in [7, 11) is -2.08. The summed E-state index contributed by atoms with van der Waals surface area (Å²) < 4.78 is 56.3. The molecule has 1 heterocycles. The van der Waals surface area contributed by atoms with Crippen LogP contribution >= 0.6 is 0 Å². The molecule has 5 nitrogen and oxygen atoms in total. The Morgan fingerprint density at radius 2 is 1.56 bits per heavy atom. The Morgan fingerprint density at radius 3 is 2.22 bits per heavy atom. The Hall–Kier alpha value is -3.36. The number of nitrogens with one attached hydrogen (secondary N) is 1. The van der Waals surface area contributed by atoms with E-state index < -0.39 is 27.9 Å². The molecule has 36 heavy (non-hydrogen) atoms. The number of aromatic nitrogens is 1. The maximum atomic E-state index is 14.5. The van der Waals surface area contributed by atoms with Crippen molar-refractivity contribution in [1.82, 2.24) is 9.29 Å². The van der Waals surface area contributed by atoms with Gasteiger partial charge in [0.2, 0.25) is 15.6 Å². The van der Waals surface area contributed by atoms with Gasteiger partial charge in [-0.3, -0.25) is 4.79 Å². The Labute approximate surface area is 209 Å². The first kappa shape index (κ1) is 25.7. The van der Waals surface area contributed by atoms with Crippen molar-refractivity contribution in [2.75, 3.05) is 13.6 Å². The van der Waals surface area contributed by atoms with Crippen LogP contribution in [0.1, 0.15) is 35.6 Å². The van der Waals surface area contributed by atoms with E-state index in [-0.39, 0.29) is 10.5 Å². The van der Waals surface area contributed by atoms with Gasteiger partial charge in [-0.2, -0.15) is 0 Å². The molecular weight excluding hydrogens is 482 g/mol. The number of likely N-dealkylation sites (N-methyl/N-ethyl adjacent to an activating group) is 1. The van der Waals surface area contributed by atoms with E-state index >= 15 is 0 Å². The maximum absolute atomic E-state index is 14.5. The smallest absolute Gasteiger partial charge is 0.273 e. The summed E-state index contributed by atoms with van der Waals surface area (Å²) in [4.78, 5) is 14.7. The van der Waals surface area contributed by atoms with E-state index in [4.69, 9.17) is 0 Å². The lowest BCUT2D eigenvalue weighted by Crippen LogP contribution is -2.29. The van der Waals surface area contributed by atoms with Crippen LogP contribution in [0.3, 0.4) is 0 Å². The van der Waals surface area contributed by atoms with E-state index in [1.807, 2.05) is 30.3 Å². The maximum Gasteiger partial charge on any atom is 0.273 e. The molecule has 0 fully saturated rings. The van der Waals surface area contributed by atoms with Crippen LogP contribution in [0.2, 0.25) is 0 Å². The molecule has 0 unspecified atom stereocenters. The number of rotatable bonds is 9. The van der Waals surface area contributed by atoms with Gasteiger partial charge in [0.15, 0.2) is 0 Å². The third-order valence-electron chi connectivity index (χ3n) is 6.34. The Balaban J connectivity index is 1.53. The minimum Gasteiger partial charge on any atom is -0.322 e. The van der Waals surface area contributed by atoms with Crippen LogP contribution in [-0.2, 0) is 28.8 Å². The van der Waals surface area contributed by atoms with E-state index in [9.17, 15) is 22.0 Å². The molecule has 0 saturated heterocycles. The second-order valence-corrected chi connectivity index (χ2v) is 10.9. The van der Waals surface area contributed by atoms with E-state index in [0.717, 1.165) is 22.8 Å². The van der Waals surface area contributed by atoms with Gasteiger partial charge in [0.05, 0.1) is 4.90 Å². The zero-order chi connectivity index (χ0) is 25.9. The summed E-state index contributed by atoms with van der Waals surface area (Å²) >= 11 is 0. The molecule has 0 saturated carbocycles. The fourth-order valence-corrected chi connectivity index (χ4v) is 5.32. The topological polar surface area (TPSA) is 70.2 Å².